The maximum Gasteiger partial charge on any atom is 0.182 e. The van der Waals surface area contributed by atoms with Gasteiger partial charge < -0.3 is 15.3 Å². The molecule has 5 rings (SSSR count). The highest BCUT2D eigenvalue weighted by Crippen LogP contribution is 2.19. The van der Waals surface area contributed by atoms with Crippen LogP contribution in [-0.2, 0) is 0 Å². The molecule has 3 N–H and O–H groups in total. The second kappa shape index (κ2) is 6.71. The lowest BCUT2D eigenvalue weighted by Gasteiger charge is -2.04. The third kappa shape index (κ3) is 3.24. The van der Waals surface area contributed by atoms with Crippen LogP contribution < -0.4 is 5.32 Å². The van der Waals surface area contributed by atoms with Gasteiger partial charge in [-0.2, -0.15) is 0 Å². The third-order valence-electron chi connectivity index (χ3n) is 3.36. The molecular weight excluding hydrogens is 318 g/mol. The summed E-state index contributed by atoms with van der Waals surface area (Å²) in [5, 5.41) is 3.21. The fourth-order valence-corrected chi connectivity index (χ4v) is 2.21. The molecule has 0 saturated heterocycles. The second-order valence-corrected chi connectivity index (χ2v) is 4.98. The van der Waals surface area contributed by atoms with E-state index in [1.165, 1.54) is 12.7 Å². The number of aromatic nitrogens is 8. The van der Waals surface area contributed by atoms with Crippen LogP contribution in [0.25, 0.3) is 22.3 Å². The quantitative estimate of drug-likeness (QED) is 0.454. The minimum Gasteiger partial charge on any atom is -0.342 e. The van der Waals surface area contributed by atoms with Crippen LogP contribution in [0, 0.1) is 0 Å². The predicted octanol–water partition coefficient (Wildman–Crippen LogP) is 2.45. The summed E-state index contributed by atoms with van der Waals surface area (Å²) in [6.45, 7) is 0. The Kier molecular flexibility index (Phi) is 3.94. The topological polar surface area (TPSA) is 121 Å². The highest BCUT2D eigenvalue weighted by Gasteiger charge is 2.04. The molecule has 122 valence electrons. The van der Waals surface area contributed by atoms with Gasteiger partial charge in [0.15, 0.2) is 17.1 Å². The van der Waals surface area contributed by atoms with Crippen molar-refractivity contribution in [1.29, 1.82) is 0 Å². The summed E-state index contributed by atoms with van der Waals surface area (Å²) in [6.07, 6.45) is 7.86. The average Bonchev–Trinajstić information content (AvgIpc) is 3.33. The smallest absolute Gasteiger partial charge is 0.182 e. The summed E-state index contributed by atoms with van der Waals surface area (Å²) in [6, 6.07) is 9.85. The van der Waals surface area contributed by atoms with Gasteiger partial charge in [0.1, 0.15) is 23.7 Å². The number of H-pyrrole nitrogens is 2. The minimum atomic E-state index is 0.661. The van der Waals surface area contributed by atoms with Gasteiger partial charge in [0, 0.05) is 5.69 Å². The number of rotatable bonds is 2. The molecule has 4 heterocycles. The monoisotopic (exact) mass is 331 g/mol. The summed E-state index contributed by atoms with van der Waals surface area (Å²) in [5.41, 5.74) is 4.04. The Balaban J connectivity index is 0.000000147. The van der Waals surface area contributed by atoms with Gasteiger partial charge >= 0.3 is 0 Å². The molecule has 0 saturated carbocycles. The lowest BCUT2D eigenvalue weighted by atomic mass is 10.3. The maximum absolute atomic E-state index is 4.18. The van der Waals surface area contributed by atoms with Crippen LogP contribution in [0.1, 0.15) is 0 Å². The molecular formula is C16H13N9. The Morgan fingerprint density at radius 1 is 0.760 bits per heavy atom. The van der Waals surface area contributed by atoms with Crippen molar-refractivity contribution in [2.45, 2.75) is 0 Å². The number of hydrogen-bond donors (Lipinski definition) is 3. The van der Waals surface area contributed by atoms with Crippen molar-refractivity contribution < 1.29 is 0 Å². The van der Waals surface area contributed by atoms with Gasteiger partial charge in [-0.1, -0.05) is 18.2 Å². The summed E-state index contributed by atoms with van der Waals surface area (Å²) in [7, 11) is 0. The SMILES string of the molecule is c1ccc(Nc2ncnc3nc[nH]c23)cc1.c1ncc2[nH]cnc2n1. The van der Waals surface area contributed by atoms with E-state index in [9.17, 15) is 0 Å². The number of aromatic amines is 2. The van der Waals surface area contributed by atoms with Crippen LogP contribution in [0.4, 0.5) is 11.5 Å². The number of nitrogens with one attached hydrogen (secondary N) is 3. The number of anilines is 2. The van der Waals surface area contributed by atoms with Gasteiger partial charge in [-0.05, 0) is 12.1 Å². The molecule has 4 aromatic heterocycles. The fraction of sp³-hybridized carbons (Fsp3) is 0. The van der Waals surface area contributed by atoms with E-state index in [1.54, 1.807) is 18.9 Å². The van der Waals surface area contributed by atoms with Crippen molar-refractivity contribution in [2.75, 3.05) is 5.32 Å². The molecule has 25 heavy (non-hydrogen) atoms. The normalized spacial score (nSPS) is 10.4. The second-order valence-electron chi connectivity index (χ2n) is 4.98. The van der Waals surface area contributed by atoms with Crippen LogP contribution in [0.15, 0.2) is 61.8 Å². The van der Waals surface area contributed by atoms with Gasteiger partial charge in [-0.3, -0.25) is 0 Å². The van der Waals surface area contributed by atoms with Gasteiger partial charge in [-0.25, -0.2) is 29.9 Å². The van der Waals surface area contributed by atoms with E-state index in [0.29, 0.717) is 11.3 Å². The van der Waals surface area contributed by atoms with Crippen LogP contribution in [0.3, 0.4) is 0 Å². The number of imidazole rings is 2. The maximum atomic E-state index is 4.18. The van der Waals surface area contributed by atoms with E-state index in [4.69, 9.17) is 0 Å². The van der Waals surface area contributed by atoms with Crippen LogP contribution in [0.5, 0.6) is 0 Å². The molecule has 0 aliphatic rings. The van der Waals surface area contributed by atoms with Gasteiger partial charge in [0.05, 0.1) is 18.9 Å². The zero-order valence-corrected chi connectivity index (χ0v) is 13.0. The lowest BCUT2D eigenvalue weighted by Crippen LogP contribution is -1.95. The molecule has 9 heteroatoms. The highest BCUT2D eigenvalue weighted by molar-refractivity contribution is 5.84. The Bertz CT molecular complexity index is 1050. The summed E-state index contributed by atoms with van der Waals surface area (Å²) >= 11 is 0. The largest absolute Gasteiger partial charge is 0.342 e. The first-order valence-electron chi connectivity index (χ1n) is 7.45. The number of hydrogen-bond acceptors (Lipinski definition) is 7. The molecule has 1 aromatic carbocycles. The Hall–Kier alpha value is -3.88. The van der Waals surface area contributed by atoms with Crippen LogP contribution in [0.2, 0.25) is 0 Å². The average molecular weight is 331 g/mol. The van der Waals surface area contributed by atoms with Crippen molar-refractivity contribution in [3.63, 3.8) is 0 Å². The molecule has 5 aromatic rings. The van der Waals surface area contributed by atoms with Crippen molar-refractivity contribution in [3.8, 4) is 0 Å². The Labute approximate surface area is 141 Å². The first-order chi connectivity index (χ1) is 12.4. The third-order valence-corrected chi connectivity index (χ3v) is 3.36. The van der Waals surface area contributed by atoms with Gasteiger partial charge in [0.25, 0.3) is 0 Å². The molecule has 0 fully saturated rings. The number of para-hydroxylation sites is 1. The zero-order valence-electron chi connectivity index (χ0n) is 13.0. The molecule has 0 radical (unpaired) electrons. The molecule has 9 nitrogen and oxygen atoms in total. The van der Waals surface area contributed by atoms with Crippen LogP contribution in [-0.4, -0.2) is 39.9 Å². The molecule has 0 aliphatic carbocycles. The van der Waals surface area contributed by atoms with E-state index >= 15 is 0 Å². The van der Waals surface area contributed by atoms with E-state index in [1.807, 2.05) is 30.3 Å². The predicted molar refractivity (Wildman–Crippen MR) is 93.1 cm³/mol. The van der Waals surface area contributed by atoms with Crippen molar-refractivity contribution in [3.05, 3.63) is 61.8 Å². The van der Waals surface area contributed by atoms with E-state index < -0.39 is 0 Å². The minimum absolute atomic E-state index is 0.661. The fourth-order valence-electron chi connectivity index (χ4n) is 2.21. The van der Waals surface area contributed by atoms with E-state index in [-0.39, 0.29) is 0 Å². The Morgan fingerprint density at radius 2 is 1.56 bits per heavy atom. The number of benzene rings is 1. The summed E-state index contributed by atoms with van der Waals surface area (Å²) in [5.74, 6) is 0.730. The molecule has 0 bridgehead atoms. The Morgan fingerprint density at radius 3 is 2.44 bits per heavy atom. The molecule has 0 amide bonds. The first-order valence-corrected chi connectivity index (χ1v) is 7.45. The van der Waals surface area contributed by atoms with Crippen LogP contribution >= 0.6 is 0 Å². The number of fused-ring (bicyclic) bond motifs is 2. The summed E-state index contributed by atoms with van der Waals surface area (Å²) < 4.78 is 0. The molecule has 0 atom stereocenters. The number of nitrogens with zero attached hydrogens (tertiary/aromatic N) is 6. The van der Waals surface area contributed by atoms with E-state index in [0.717, 1.165) is 22.5 Å². The van der Waals surface area contributed by atoms with Gasteiger partial charge in [-0.15, -0.1) is 0 Å². The van der Waals surface area contributed by atoms with Crippen molar-refractivity contribution >= 4 is 33.8 Å². The zero-order chi connectivity index (χ0) is 16.9. The summed E-state index contributed by atoms with van der Waals surface area (Å²) in [4.78, 5) is 29.8. The highest BCUT2D eigenvalue weighted by atomic mass is 15.1. The van der Waals surface area contributed by atoms with E-state index in [2.05, 4.69) is 45.2 Å². The van der Waals surface area contributed by atoms with Gasteiger partial charge in [0.2, 0.25) is 0 Å². The standard InChI is InChI=1S/C11H9N5.C5H4N4/c1-2-4-8(5-3-1)16-11-9-10(13-6-12-9)14-7-15-11;1-4-5(8-2-6-1)9-3-7-4/h1-7H,(H2,12,13,14,15,16);1-3H,(H,6,7,8,9). The van der Waals surface area contributed by atoms with Crippen molar-refractivity contribution in [1.82, 2.24) is 39.9 Å². The molecule has 0 spiro atoms. The van der Waals surface area contributed by atoms with Crippen molar-refractivity contribution in [2.24, 2.45) is 0 Å². The molecule has 0 aliphatic heterocycles. The first kappa shape index (κ1) is 14.7. The lowest BCUT2D eigenvalue weighted by molar-refractivity contribution is 1.20. The molecule has 0 unspecified atom stereocenters.